The standard InChI is InChI=1S/C20H17BrN2O2/c21-17-11-4-2-7-14(17)12-18(19(22)24)23-20(25)16-10-5-8-13-6-1-3-9-15(13)16/h1-11,18H,12H2,(H2,22,24)(H,23,25)/t18-/m1/s1. The van der Waals surface area contributed by atoms with Crippen molar-refractivity contribution in [3.8, 4) is 0 Å². The molecule has 0 heterocycles. The molecule has 3 aromatic carbocycles. The summed E-state index contributed by atoms with van der Waals surface area (Å²) in [4.78, 5) is 24.6. The summed E-state index contributed by atoms with van der Waals surface area (Å²) in [5.74, 6) is -0.878. The van der Waals surface area contributed by atoms with Crippen molar-refractivity contribution in [3.63, 3.8) is 0 Å². The molecular formula is C20H17BrN2O2. The highest BCUT2D eigenvalue weighted by Crippen LogP contribution is 2.20. The van der Waals surface area contributed by atoms with Gasteiger partial charge in [-0.25, -0.2) is 0 Å². The van der Waals surface area contributed by atoms with Gasteiger partial charge in [-0.2, -0.15) is 0 Å². The van der Waals surface area contributed by atoms with E-state index in [-0.39, 0.29) is 5.91 Å². The first kappa shape index (κ1) is 17.2. The second kappa shape index (κ2) is 7.49. The van der Waals surface area contributed by atoms with Gasteiger partial charge < -0.3 is 11.1 Å². The molecule has 0 radical (unpaired) electrons. The highest BCUT2D eigenvalue weighted by molar-refractivity contribution is 9.10. The van der Waals surface area contributed by atoms with Crippen molar-refractivity contribution < 1.29 is 9.59 Å². The van der Waals surface area contributed by atoms with Crippen LogP contribution in [0.4, 0.5) is 0 Å². The van der Waals surface area contributed by atoms with Gasteiger partial charge in [-0.3, -0.25) is 9.59 Å². The van der Waals surface area contributed by atoms with Crippen molar-refractivity contribution in [1.82, 2.24) is 5.32 Å². The predicted molar refractivity (Wildman–Crippen MR) is 102 cm³/mol. The van der Waals surface area contributed by atoms with Crippen LogP contribution < -0.4 is 11.1 Å². The summed E-state index contributed by atoms with van der Waals surface area (Å²) >= 11 is 3.45. The topological polar surface area (TPSA) is 72.2 Å². The third-order valence-corrected chi connectivity index (χ3v) is 4.84. The lowest BCUT2D eigenvalue weighted by Crippen LogP contribution is -2.46. The molecule has 1 atom stereocenters. The fourth-order valence-corrected chi connectivity index (χ4v) is 3.21. The summed E-state index contributed by atoms with van der Waals surface area (Å²) in [5.41, 5.74) is 6.94. The number of primary amides is 1. The highest BCUT2D eigenvalue weighted by Gasteiger charge is 2.21. The van der Waals surface area contributed by atoms with Gasteiger partial charge in [0.2, 0.25) is 5.91 Å². The Kier molecular flexibility index (Phi) is 5.14. The molecule has 0 aliphatic rings. The monoisotopic (exact) mass is 396 g/mol. The fraction of sp³-hybridized carbons (Fsp3) is 0.100. The number of fused-ring (bicyclic) bond motifs is 1. The van der Waals surface area contributed by atoms with E-state index in [0.717, 1.165) is 20.8 Å². The van der Waals surface area contributed by atoms with Crippen LogP contribution in [0.2, 0.25) is 0 Å². The highest BCUT2D eigenvalue weighted by atomic mass is 79.9. The number of carbonyl (C=O) groups is 2. The number of halogens is 1. The Balaban J connectivity index is 1.86. The molecule has 0 spiro atoms. The van der Waals surface area contributed by atoms with Crippen LogP contribution in [0.3, 0.4) is 0 Å². The number of benzene rings is 3. The third-order valence-electron chi connectivity index (χ3n) is 4.06. The Labute approximate surface area is 154 Å². The van der Waals surface area contributed by atoms with Gasteiger partial charge in [0.15, 0.2) is 0 Å². The zero-order chi connectivity index (χ0) is 17.8. The molecule has 3 rings (SSSR count). The molecule has 3 N–H and O–H groups in total. The van der Waals surface area contributed by atoms with Gasteiger partial charge in [-0.15, -0.1) is 0 Å². The summed E-state index contributed by atoms with van der Waals surface area (Å²) in [6, 6.07) is 19.9. The van der Waals surface area contributed by atoms with E-state index in [2.05, 4.69) is 21.2 Å². The molecule has 0 bridgehead atoms. The zero-order valence-corrected chi connectivity index (χ0v) is 15.0. The number of amides is 2. The van der Waals surface area contributed by atoms with Crippen LogP contribution in [0.15, 0.2) is 71.2 Å². The number of rotatable bonds is 5. The maximum Gasteiger partial charge on any atom is 0.252 e. The van der Waals surface area contributed by atoms with Gasteiger partial charge in [0.1, 0.15) is 6.04 Å². The number of carbonyl (C=O) groups excluding carboxylic acids is 2. The maximum absolute atomic E-state index is 12.7. The second-order valence-electron chi connectivity index (χ2n) is 5.75. The Morgan fingerprint density at radius 3 is 2.40 bits per heavy atom. The first-order valence-corrected chi connectivity index (χ1v) is 8.67. The molecular weight excluding hydrogens is 380 g/mol. The first-order valence-electron chi connectivity index (χ1n) is 7.87. The molecule has 3 aromatic rings. The maximum atomic E-state index is 12.7. The van der Waals surface area contributed by atoms with Crippen molar-refractivity contribution in [2.24, 2.45) is 5.73 Å². The lowest BCUT2D eigenvalue weighted by atomic mass is 10.0. The summed E-state index contributed by atoms with van der Waals surface area (Å²) in [6.45, 7) is 0. The molecule has 0 aliphatic heterocycles. The molecule has 0 unspecified atom stereocenters. The lowest BCUT2D eigenvalue weighted by Gasteiger charge is -2.17. The molecule has 4 nitrogen and oxygen atoms in total. The second-order valence-corrected chi connectivity index (χ2v) is 6.60. The lowest BCUT2D eigenvalue weighted by molar-refractivity contribution is -0.119. The molecule has 0 aromatic heterocycles. The molecule has 0 saturated heterocycles. The van der Waals surface area contributed by atoms with Crippen LogP contribution >= 0.6 is 15.9 Å². The molecule has 0 saturated carbocycles. The SMILES string of the molecule is NC(=O)[C@@H](Cc1ccccc1Br)NC(=O)c1cccc2ccccc12. The molecule has 2 amide bonds. The van der Waals surface area contributed by atoms with E-state index in [0.29, 0.717) is 12.0 Å². The number of hydrogen-bond donors (Lipinski definition) is 2. The average Bonchev–Trinajstić information content (AvgIpc) is 2.62. The third kappa shape index (κ3) is 3.88. The van der Waals surface area contributed by atoms with Crippen molar-refractivity contribution >= 4 is 38.5 Å². The van der Waals surface area contributed by atoms with Crippen LogP contribution in [0, 0.1) is 0 Å². The van der Waals surface area contributed by atoms with Gasteiger partial charge in [-0.05, 0) is 28.5 Å². The average molecular weight is 397 g/mol. The molecule has 25 heavy (non-hydrogen) atoms. The molecule has 126 valence electrons. The van der Waals surface area contributed by atoms with E-state index < -0.39 is 11.9 Å². The van der Waals surface area contributed by atoms with Crippen LogP contribution in [0.5, 0.6) is 0 Å². The molecule has 0 fully saturated rings. The minimum absolute atomic E-state index is 0.312. The van der Waals surface area contributed by atoms with Gasteiger partial charge in [-0.1, -0.05) is 70.5 Å². The zero-order valence-electron chi connectivity index (χ0n) is 13.4. The van der Waals surface area contributed by atoms with Crippen LogP contribution in [0.25, 0.3) is 10.8 Å². The van der Waals surface area contributed by atoms with Crippen molar-refractivity contribution in [2.45, 2.75) is 12.5 Å². The van der Waals surface area contributed by atoms with Gasteiger partial charge in [0, 0.05) is 16.5 Å². The van der Waals surface area contributed by atoms with E-state index in [1.54, 1.807) is 6.07 Å². The smallest absolute Gasteiger partial charge is 0.252 e. The predicted octanol–water partition coefficient (Wildman–Crippen LogP) is 3.43. The Morgan fingerprint density at radius 1 is 0.960 bits per heavy atom. The van der Waals surface area contributed by atoms with Crippen molar-refractivity contribution in [2.75, 3.05) is 0 Å². The van der Waals surface area contributed by atoms with Crippen LogP contribution in [0.1, 0.15) is 15.9 Å². The Hall–Kier alpha value is -2.66. The van der Waals surface area contributed by atoms with Crippen LogP contribution in [-0.2, 0) is 11.2 Å². The number of nitrogens with one attached hydrogen (secondary N) is 1. The van der Waals surface area contributed by atoms with Gasteiger partial charge >= 0.3 is 0 Å². The minimum Gasteiger partial charge on any atom is -0.368 e. The van der Waals surface area contributed by atoms with Crippen molar-refractivity contribution in [3.05, 3.63) is 82.3 Å². The van der Waals surface area contributed by atoms with Gasteiger partial charge in [0.05, 0.1) is 0 Å². The van der Waals surface area contributed by atoms with Crippen LogP contribution in [-0.4, -0.2) is 17.9 Å². The summed E-state index contributed by atoms with van der Waals surface area (Å²) < 4.78 is 0.876. The summed E-state index contributed by atoms with van der Waals surface area (Å²) in [6.07, 6.45) is 0.327. The quantitative estimate of drug-likeness (QED) is 0.693. The van der Waals surface area contributed by atoms with Crippen molar-refractivity contribution in [1.29, 1.82) is 0 Å². The minimum atomic E-state index is -0.787. The van der Waals surface area contributed by atoms with E-state index >= 15 is 0 Å². The van der Waals surface area contributed by atoms with Gasteiger partial charge in [0.25, 0.3) is 5.91 Å². The fourth-order valence-electron chi connectivity index (χ4n) is 2.77. The van der Waals surface area contributed by atoms with E-state index in [4.69, 9.17) is 5.73 Å². The normalized spacial score (nSPS) is 11.9. The van der Waals surface area contributed by atoms with E-state index in [9.17, 15) is 9.59 Å². The summed E-state index contributed by atoms with van der Waals surface area (Å²) in [5, 5.41) is 4.57. The number of hydrogen-bond acceptors (Lipinski definition) is 2. The largest absolute Gasteiger partial charge is 0.368 e. The number of nitrogens with two attached hydrogens (primary N) is 1. The van der Waals surface area contributed by atoms with E-state index in [1.165, 1.54) is 0 Å². The van der Waals surface area contributed by atoms with E-state index in [1.807, 2.05) is 60.7 Å². The first-order chi connectivity index (χ1) is 12.1. The molecule has 0 aliphatic carbocycles. The Bertz CT molecular complexity index is 934. The molecule has 5 heteroatoms. The Morgan fingerprint density at radius 2 is 1.64 bits per heavy atom. The summed E-state index contributed by atoms with van der Waals surface area (Å²) in [7, 11) is 0.